The van der Waals surface area contributed by atoms with E-state index in [9.17, 15) is 4.79 Å². The van der Waals surface area contributed by atoms with Crippen molar-refractivity contribution in [3.8, 4) is 0 Å². The van der Waals surface area contributed by atoms with Crippen molar-refractivity contribution in [3.63, 3.8) is 0 Å². The van der Waals surface area contributed by atoms with E-state index in [1.165, 1.54) is 6.92 Å². The van der Waals surface area contributed by atoms with Gasteiger partial charge in [-0.1, -0.05) is 13.8 Å². The second kappa shape index (κ2) is 15.4. The van der Waals surface area contributed by atoms with Crippen LogP contribution in [-0.2, 0) is 19.0 Å². The maximum atomic E-state index is 10.1. The number of carbonyl (C=O) groups excluding carboxylic acids is 1. The number of ether oxygens (including phenoxy) is 3. The van der Waals surface area contributed by atoms with E-state index in [0.717, 1.165) is 6.61 Å². The average Bonchev–Trinajstić information content (AvgIpc) is 2.27. The van der Waals surface area contributed by atoms with Gasteiger partial charge in [-0.3, -0.25) is 4.79 Å². The summed E-state index contributed by atoms with van der Waals surface area (Å²) in [6.45, 7) is 10.3. The zero-order chi connectivity index (χ0) is 13.5. The Morgan fingerprint density at radius 3 is 2.12 bits per heavy atom. The van der Waals surface area contributed by atoms with Crippen molar-refractivity contribution < 1.29 is 24.1 Å². The molecule has 0 amide bonds. The second-order valence-corrected chi connectivity index (χ2v) is 3.73. The highest BCUT2D eigenvalue weighted by molar-refractivity contribution is 5.65. The second-order valence-electron chi connectivity index (χ2n) is 3.73. The Labute approximate surface area is 104 Å². The van der Waals surface area contributed by atoms with Crippen molar-refractivity contribution >= 4 is 5.97 Å². The Hall–Kier alpha value is -0.650. The average molecular weight is 250 g/mol. The van der Waals surface area contributed by atoms with Crippen molar-refractivity contribution in [3.05, 3.63) is 0 Å². The summed E-state index contributed by atoms with van der Waals surface area (Å²) in [4.78, 5) is 10.1. The topological polar surface area (TPSA) is 65.0 Å². The fourth-order valence-electron chi connectivity index (χ4n) is 0.713. The third kappa shape index (κ3) is 25.5. The predicted octanol–water partition coefficient (Wildman–Crippen LogP) is 1.24. The zero-order valence-corrected chi connectivity index (χ0v) is 11.4. The molecule has 0 heterocycles. The van der Waals surface area contributed by atoms with E-state index in [2.05, 4.69) is 4.74 Å². The Kier molecular flexibility index (Phi) is 16.9. The van der Waals surface area contributed by atoms with Gasteiger partial charge in [0.1, 0.15) is 0 Å². The molecule has 104 valence electrons. The molecule has 0 aliphatic rings. The third-order valence-electron chi connectivity index (χ3n) is 1.43. The molecule has 0 spiro atoms. The first kappa shape index (κ1) is 18.7. The van der Waals surface area contributed by atoms with E-state index < -0.39 is 0 Å². The summed E-state index contributed by atoms with van der Waals surface area (Å²) in [5.41, 5.74) is 0. The van der Waals surface area contributed by atoms with E-state index in [4.69, 9.17) is 14.6 Å². The molecular formula is C12H26O5. The van der Waals surface area contributed by atoms with Gasteiger partial charge in [-0.05, 0) is 12.8 Å². The molecule has 0 fully saturated rings. The van der Waals surface area contributed by atoms with Gasteiger partial charge in [0.15, 0.2) is 0 Å². The highest BCUT2D eigenvalue weighted by Gasteiger charge is 1.94. The lowest BCUT2D eigenvalue weighted by molar-refractivity contribution is -0.141. The van der Waals surface area contributed by atoms with Crippen molar-refractivity contribution in [2.24, 2.45) is 5.92 Å². The first-order valence-corrected chi connectivity index (χ1v) is 5.94. The minimum absolute atomic E-state index is 0.0894. The molecule has 0 saturated carbocycles. The molecule has 0 radical (unpaired) electrons. The molecule has 0 aliphatic carbocycles. The molecule has 0 atom stereocenters. The molecule has 0 unspecified atom stereocenters. The summed E-state index contributed by atoms with van der Waals surface area (Å²) < 4.78 is 14.5. The Bertz CT molecular complexity index is 153. The standard InChI is InChI=1S/C6H14O3.C6H12O2/c1-2-8-5-6-9-4-3-7;1-5(2)4-8-6(3)7/h7H,2-6H2,1H3;5H,4H2,1-3H3. The number of hydrogen-bond donors (Lipinski definition) is 1. The molecule has 5 heteroatoms. The van der Waals surface area contributed by atoms with Crippen molar-refractivity contribution in [2.45, 2.75) is 27.7 Å². The lowest BCUT2D eigenvalue weighted by atomic mass is 10.2. The Morgan fingerprint density at radius 2 is 1.76 bits per heavy atom. The van der Waals surface area contributed by atoms with E-state index in [-0.39, 0.29) is 12.6 Å². The predicted molar refractivity (Wildman–Crippen MR) is 65.9 cm³/mol. The Morgan fingerprint density at radius 1 is 1.18 bits per heavy atom. The summed E-state index contributed by atoms with van der Waals surface area (Å²) in [5.74, 6) is 0.248. The lowest BCUT2D eigenvalue weighted by Gasteiger charge is -2.02. The molecular weight excluding hydrogens is 224 g/mol. The highest BCUT2D eigenvalue weighted by atomic mass is 16.5. The highest BCUT2D eigenvalue weighted by Crippen LogP contribution is 1.91. The van der Waals surface area contributed by atoms with Gasteiger partial charge in [-0.25, -0.2) is 0 Å². The summed E-state index contributed by atoms with van der Waals surface area (Å²) in [6, 6.07) is 0. The SMILES string of the molecule is CC(=O)OCC(C)C.CCOCCOCCO. The van der Waals surface area contributed by atoms with Crippen LogP contribution in [0.3, 0.4) is 0 Å². The van der Waals surface area contributed by atoms with Crippen LogP contribution in [0.1, 0.15) is 27.7 Å². The van der Waals surface area contributed by atoms with Crippen molar-refractivity contribution in [2.75, 3.05) is 39.6 Å². The van der Waals surface area contributed by atoms with Crippen molar-refractivity contribution in [1.29, 1.82) is 0 Å². The van der Waals surface area contributed by atoms with E-state index in [1.807, 2.05) is 20.8 Å². The van der Waals surface area contributed by atoms with Crippen LogP contribution in [0.5, 0.6) is 0 Å². The van der Waals surface area contributed by atoms with Gasteiger partial charge in [-0.2, -0.15) is 0 Å². The van der Waals surface area contributed by atoms with Crippen LogP contribution < -0.4 is 0 Å². The first-order valence-electron chi connectivity index (χ1n) is 5.94. The van der Waals surface area contributed by atoms with Gasteiger partial charge in [0, 0.05) is 13.5 Å². The first-order chi connectivity index (χ1) is 8.04. The van der Waals surface area contributed by atoms with Crippen molar-refractivity contribution in [1.82, 2.24) is 0 Å². The van der Waals surface area contributed by atoms with Crippen LogP contribution >= 0.6 is 0 Å². The molecule has 5 nitrogen and oxygen atoms in total. The molecule has 0 aromatic heterocycles. The minimum atomic E-state index is -0.196. The van der Waals surface area contributed by atoms with Crippen LogP contribution in [0.2, 0.25) is 0 Å². The summed E-state index contributed by atoms with van der Waals surface area (Å²) in [6.07, 6.45) is 0. The van der Waals surface area contributed by atoms with Gasteiger partial charge < -0.3 is 19.3 Å². The zero-order valence-electron chi connectivity index (χ0n) is 11.4. The van der Waals surface area contributed by atoms with E-state index in [0.29, 0.717) is 32.3 Å². The van der Waals surface area contributed by atoms with Gasteiger partial charge in [0.25, 0.3) is 0 Å². The van der Waals surface area contributed by atoms with Crippen LogP contribution in [0.4, 0.5) is 0 Å². The number of aliphatic hydroxyl groups is 1. The van der Waals surface area contributed by atoms with Gasteiger partial charge >= 0.3 is 5.97 Å². The fourth-order valence-corrected chi connectivity index (χ4v) is 0.713. The summed E-state index contributed by atoms with van der Waals surface area (Å²) >= 11 is 0. The largest absolute Gasteiger partial charge is 0.466 e. The van der Waals surface area contributed by atoms with Gasteiger partial charge in [0.2, 0.25) is 0 Å². The monoisotopic (exact) mass is 250 g/mol. The lowest BCUT2D eigenvalue weighted by Crippen LogP contribution is -2.06. The molecule has 1 N–H and O–H groups in total. The number of hydrogen-bond acceptors (Lipinski definition) is 5. The van der Waals surface area contributed by atoms with Crippen LogP contribution in [0.15, 0.2) is 0 Å². The third-order valence-corrected chi connectivity index (χ3v) is 1.43. The van der Waals surface area contributed by atoms with Gasteiger partial charge in [-0.15, -0.1) is 0 Å². The number of carbonyl (C=O) groups is 1. The molecule has 0 aromatic rings. The molecule has 0 aromatic carbocycles. The van der Waals surface area contributed by atoms with Crippen LogP contribution in [0, 0.1) is 5.92 Å². The maximum Gasteiger partial charge on any atom is 0.302 e. The number of esters is 1. The Balaban J connectivity index is 0. The number of aliphatic hydroxyl groups excluding tert-OH is 1. The summed E-state index contributed by atoms with van der Waals surface area (Å²) in [7, 11) is 0. The molecule has 0 saturated heterocycles. The maximum absolute atomic E-state index is 10.1. The van der Waals surface area contributed by atoms with Crippen LogP contribution in [0.25, 0.3) is 0 Å². The summed E-state index contributed by atoms with van der Waals surface area (Å²) in [5, 5.41) is 8.26. The minimum Gasteiger partial charge on any atom is -0.466 e. The molecule has 0 rings (SSSR count). The molecule has 0 aliphatic heterocycles. The van der Waals surface area contributed by atoms with E-state index in [1.54, 1.807) is 0 Å². The van der Waals surface area contributed by atoms with Crippen LogP contribution in [-0.4, -0.2) is 50.7 Å². The number of rotatable bonds is 8. The van der Waals surface area contributed by atoms with Gasteiger partial charge in [0.05, 0.1) is 33.0 Å². The van der Waals surface area contributed by atoms with E-state index >= 15 is 0 Å². The smallest absolute Gasteiger partial charge is 0.302 e. The normalized spacial score (nSPS) is 9.76. The fraction of sp³-hybridized carbons (Fsp3) is 0.917. The quantitative estimate of drug-likeness (QED) is 0.518. The molecule has 0 bridgehead atoms. The molecule has 17 heavy (non-hydrogen) atoms.